The van der Waals surface area contributed by atoms with E-state index in [0.717, 1.165) is 12.3 Å². The number of benzene rings is 1. The second-order valence-electron chi connectivity index (χ2n) is 3.10. The largest absolute Gasteiger partial charge is 0.489 e. The van der Waals surface area contributed by atoms with Crippen molar-refractivity contribution in [3.05, 3.63) is 42.5 Å². The number of para-hydroxylation sites is 1. The quantitative estimate of drug-likeness (QED) is 0.559. The maximum absolute atomic E-state index is 5.53. The fourth-order valence-electron chi connectivity index (χ4n) is 1.33. The molecule has 1 atom stereocenters. The number of nitrogens with one attached hydrogen (secondary N) is 1. The minimum absolute atomic E-state index is 0.501. The van der Waals surface area contributed by atoms with Crippen LogP contribution in [0, 0.1) is 0 Å². The normalized spacial score (nSPS) is 19.5. The molecule has 0 bridgehead atoms. The molecule has 0 radical (unpaired) electrons. The van der Waals surface area contributed by atoms with Gasteiger partial charge < -0.3 is 10.1 Å². The summed E-state index contributed by atoms with van der Waals surface area (Å²) in [5, 5.41) is 3.26. The summed E-state index contributed by atoms with van der Waals surface area (Å²) in [5.74, 6) is 0.970. The highest BCUT2D eigenvalue weighted by Crippen LogP contribution is 2.30. The Kier molecular flexibility index (Phi) is 2.32. The SMILES string of the molecule is C=CCOc1ccccc1[C@H]1CN1. The Balaban J connectivity index is 2.16. The molecule has 0 unspecified atom stereocenters. The summed E-state index contributed by atoms with van der Waals surface area (Å²) < 4.78 is 5.53. The number of hydrogen-bond acceptors (Lipinski definition) is 2. The van der Waals surface area contributed by atoms with Gasteiger partial charge in [0.15, 0.2) is 0 Å². The average molecular weight is 175 g/mol. The lowest BCUT2D eigenvalue weighted by molar-refractivity contribution is 0.359. The number of ether oxygens (including phenoxy) is 1. The minimum atomic E-state index is 0.501. The standard InChI is InChI=1S/C11H13NO/c1-2-7-13-11-6-4-3-5-9(11)10-8-12-10/h2-6,10,12H,1,7-8H2/t10-/m1/s1. The van der Waals surface area contributed by atoms with Crippen LogP contribution in [0.15, 0.2) is 36.9 Å². The van der Waals surface area contributed by atoms with Gasteiger partial charge >= 0.3 is 0 Å². The first-order valence-corrected chi connectivity index (χ1v) is 4.48. The van der Waals surface area contributed by atoms with Crippen LogP contribution in [0.5, 0.6) is 5.75 Å². The summed E-state index contributed by atoms with van der Waals surface area (Å²) >= 11 is 0. The summed E-state index contributed by atoms with van der Waals surface area (Å²) in [7, 11) is 0. The van der Waals surface area contributed by atoms with Crippen molar-refractivity contribution in [2.24, 2.45) is 0 Å². The van der Waals surface area contributed by atoms with Crippen LogP contribution in [0.4, 0.5) is 0 Å². The van der Waals surface area contributed by atoms with E-state index in [0.29, 0.717) is 12.6 Å². The molecular weight excluding hydrogens is 162 g/mol. The maximum Gasteiger partial charge on any atom is 0.124 e. The molecule has 2 heteroatoms. The van der Waals surface area contributed by atoms with E-state index in [-0.39, 0.29) is 0 Å². The highest BCUT2D eigenvalue weighted by molar-refractivity contribution is 5.38. The maximum atomic E-state index is 5.53. The van der Waals surface area contributed by atoms with Crippen LogP contribution in [0.3, 0.4) is 0 Å². The molecule has 1 N–H and O–H groups in total. The average Bonchev–Trinajstić information content (AvgIpc) is 2.98. The van der Waals surface area contributed by atoms with E-state index < -0.39 is 0 Å². The van der Waals surface area contributed by atoms with Gasteiger partial charge in [-0.1, -0.05) is 30.9 Å². The van der Waals surface area contributed by atoms with Crippen LogP contribution in [-0.4, -0.2) is 13.2 Å². The lowest BCUT2D eigenvalue weighted by Crippen LogP contribution is -1.97. The van der Waals surface area contributed by atoms with Gasteiger partial charge in [-0.3, -0.25) is 0 Å². The molecule has 1 fully saturated rings. The van der Waals surface area contributed by atoms with Gasteiger partial charge in [0.2, 0.25) is 0 Å². The molecule has 1 aliphatic rings. The van der Waals surface area contributed by atoms with Gasteiger partial charge in [0.1, 0.15) is 12.4 Å². The predicted molar refractivity (Wildman–Crippen MR) is 52.9 cm³/mol. The van der Waals surface area contributed by atoms with Crippen molar-refractivity contribution < 1.29 is 4.74 Å². The highest BCUT2D eigenvalue weighted by Gasteiger charge is 2.25. The molecule has 1 saturated heterocycles. The van der Waals surface area contributed by atoms with Gasteiger partial charge in [0, 0.05) is 18.2 Å². The topological polar surface area (TPSA) is 31.2 Å². The molecule has 0 aromatic heterocycles. The Morgan fingerprint density at radius 2 is 2.31 bits per heavy atom. The van der Waals surface area contributed by atoms with Crippen LogP contribution in [-0.2, 0) is 0 Å². The number of rotatable bonds is 4. The molecule has 1 aromatic carbocycles. The Labute approximate surface area is 78.2 Å². The van der Waals surface area contributed by atoms with E-state index in [4.69, 9.17) is 4.74 Å². The van der Waals surface area contributed by atoms with Crippen molar-refractivity contribution in [3.8, 4) is 5.75 Å². The van der Waals surface area contributed by atoms with E-state index in [1.807, 2.05) is 18.2 Å². The predicted octanol–water partition coefficient (Wildman–Crippen LogP) is 1.90. The highest BCUT2D eigenvalue weighted by atomic mass is 16.5. The van der Waals surface area contributed by atoms with Crippen LogP contribution >= 0.6 is 0 Å². The van der Waals surface area contributed by atoms with Crippen molar-refractivity contribution in [1.29, 1.82) is 0 Å². The lowest BCUT2D eigenvalue weighted by Gasteiger charge is -2.07. The molecule has 1 aromatic rings. The van der Waals surface area contributed by atoms with E-state index in [9.17, 15) is 0 Å². The Morgan fingerprint density at radius 3 is 3.00 bits per heavy atom. The van der Waals surface area contributed by atoms with Gasteiger partial charge in [0.25, 0.3) is 0 Å². The van der Waals surface area contributed by atoms with E-state index in [1.165, 1.54) is 5.56 Å². The molecule has 0 saturated carbocycles. The molecule has 2 nitrogen and oxygen atoms in total. The Hall–Kier alpha value is -1.28. The third-order valence-electron chi connectivity index (χ3n) is 2.06. The van der Waals surface area contributed by atoms with Crippen LogP contribution in [0.25, 0.3) is 0 Å². The molecule has 0 aliphatic carbocycles. The van der Waals surface area contributed by atoms with Crippen molar-refractivity contribution in [3.63, 3.8) is 0 Å². The second kappa shape index (κ2) is 3.62. The van der Waals surface area contributed by atoms with E-state index >= 15 is 0 Å². The Morgan fingerprint density at radius 1 is 1.54 bits per heavy atom. The number of hydrogen-bond donors (Lipinski definition) is 1. The van der Waals surface area contributed by atoms with Crippen LogP contribution in [0.2, 0.25) is 0 Å². The summed E-state index contributed by atoms with van der Waals surface area (Å²) in [5.41, 5.74) is 1.25. The van der Waals surface area contributed by atoms with Crippen molar-refractivity contribution in [2.75, 3.05) is 13.2 Å². The Bertz CT molecular complexity index is 305. The van der Waals surface area contributed by atoms with Gasteiger partial charge in [-0.15, -0.1) is 0 Å². The molecule has 1 heterocycles. The molecule has 68 valence electrons. The molecule has 0 amide bonds. The van der Waals surface area contributed by atoms with Crippen LogP contribution in [0.1, 0.15) is 11.6 Å². The molecule has 13 heavy (non-hydrogen) atoms. The molecular formula is C11H13NO. The van der Waals surface area contributed by atoms with E-state index in [2.05, 4.69) is 18.0 Å². The monoisotopic (exact) mass is 175 g/mol. The first kappa shape index (κ1) is 8.32. The summed E-state index contributed by atoms with van der Waals surface area (Å²) in [4.78, 5) is 0. The van der Waals surface area contributed by atoms with Gasteiger partial charge in [0.05, 0.1) is 0 Å². The van der Waals surface area contributed by atoms with Crippen molar-refractivity contribution in [1.82, 2.24) is 5.32 Å². The zero-order valence-electron chi connectivity index (χ0n) is 7.49. The van der Waals surface area contributed by atoms with Crippen molar-refractivity contribution in [2.45, 2.75) is 6.04 Å². The molecule has 0 spiro atoms. The second-order valence-corrected chi connectivity index (χ2v) is 3.10. The summed E-state index contributed by atoms with van der Waals surface area (Å²) in [6.45, 7) is 5.26. The fraction of sp³-hybridized carbons (Fsp3) is 0.273. The van der Waals surface area contributed by atoms with E-state index in [1.54, 1.807) is 6.08 Å². The smallest absolute Gasteiger partial charge is 0.124 e. The first-order valence-electron chi connectivity index (χ1n) is 4.48. The zero-order chi connectivity index (χ0) is 9.10. The van der Waals surface area contributed by atoms with Crippen LogP contribution < -0.4 is 10.1 Å². The molecule has 2 rings (SSSR count). The van der Waals surface area contributed by atoms with Crippen molar-refractivity contribution >= 4 is 0 Å². The van der Waals surface area contributed by atoms with Gasteiger partial charge in [-0.05, 0) is 6.07 Å². The molecule has 1 aliphatic heterocycles. The minimum Gasteiger partial charge on any atom is -0.489 e. The first-order chi connectivity index (χ1) is 6.42. The third kappa shape index (κ3) is 1.90. The summed E-state index contributed by atoms with van der Waals surface area (Å²) in [6.07, 6.45) is 1.76. The fourth-order valence-corrected chi connectivity index (χ4v) is 1.33. The lowest BCUT2D eigenvalue weighted by atomic mass is 10.1. The zero-order valence-corrected chi connectivity index (χ0v) is 7.49. The summed E-state index contributed by atoms with van der Waals surface area (Å²) in [6, 6.07) is 8.63. The third-order valence-corrected chi connectivity index (χ3v) is 2.06. The van der Waals surface area contributed by atoms with Gasteiger partial charge in [-0.25, -0.2) is 0 Å². The van der Waals surface area contributed by atoms with Gasteiger partial charge in [-0.2, -0.15) is 0 Å².